The maximum Gasteiger partial charge on any atom is 0.140 e. The number of aryl methyl sites for hydroxylation is 1. The monoisotopic (exact) mass is 476 g/mol. The fourth-order valence-corrected chi connectivity index (χ4v) is 5.24. The average Bonchev–Trinajstić information content (AvgIpc) is 3.32. The molecule has 0 amide bonds. The Bertz CT molecular complexity index is 1140. The summed E-state index contributed by atoms with van der Waals surface area (Å²) >= 11 is 0. The van der Waals surface area contributed by atoms with E-state index in [-0.39, 0.29) is 17.3 Å². The number of carbonyl (C=O) groups is 1. The lowest BCUT2D eigenvalue weighted by Gasteiger charge is -2.38. The number of rotatable bonds is 8. The van der Waals surface area contributed by atoms with Gasteiger partial charge >= 0.3 is 0 Å². The van der Waals surface area contributed by atoms with E-state index >= 15 is 0 Å². The second kappa shape index (κ2) is 10.5. The molecular weight excluding hydrogens is 440 g/mol. The summed E-state index contributed by atoms with van der Waals surface area (Å²) in [5.41, 5.74) is 4.02. The van der Waals surface area contributed by atoms with Crippen molar-refractivity contribution in [3.63, 3.8) is 0 Å². The van der Waals surface area contributed by atoms with Crippen LogP contribution in [-0.4, -0.2) is 59.7 Å². The SMILES string of the molecule is CCCc1ccc2nc(-c3ccc(N4CCC(OCC5(C(C)=O)CCOCC5)CC4)nc3)[nH]c2c1. The Labute approximate surface area is 207 Å². The Morgan fingerprint density at radius 1 is 1.20 bits per heavy atom. The van der Waals surface area contributed by atoms with Crippen LogP contribution in [0.5, 0.6) is 0 Å². The number of H-pyrrole nitrogens is 1. The number of nitrogens with one attached hydrogen (secondary N) is 1. The van der Waals surface area contributed by atoms with E-state index < -0.39 is 0 Å². The summed E-state index contributed by atoms with van der Waals surface area (Å²) < 4.78 is 11.7. The van der Waals surface area contributed by atoms with Crippen LogP contribution in [0.4, 0.5) is 5.82 Å². The number of carbonyl (C=O) groups excluding carboxylic acids is 1. The molecule has 0 atom stereocenters. The smallest absolute Gasteiger partial charge is 0.140 e. The first kappa shape index (κ1) is 23.9. The third kappa shape index (κ3) is 5.26. The van der Waals surface area contributed by atoms with Gasteiger partial charge in [0.1, 0.15) is 17.4 Å². The van der Waals surface area contributed by atoms with E-state index in [1.807, 2.05) is 6.20 Å². The van der Waals surface area contributed by atoms with Gasteiger partial charge < -0.3 is 19.4 Å². The molecule has 186 valence electrons. The van der Waals surface area contributed by atoms with Crippen molar-refractivity contribution in [2.75, 3.05) is 37.8 Å². The molecule has 2 saturated heterocycles. The molecule has 3 aromatic rings. The van der Waals surface area contributed by atoms with Gasteiger partial charge in [-0.25, -0.2) is 9.97 Å². The molecule has 0 aliphatic carbocycles. The number of ketones is 1. The molecule has 0 radical (unpaired) electrons. The molecule has 2 fully saturated rings. The molecule has 0 unspecified atom stereocenters. The van der Waals surface area contributed by atoms with Gasteiger partial charge in [-0.15, -0.1) is 0 Å². The number of imidazole rings is 1. The predicted octanol–water partition coefficient (Wildman–Crippen LogP) is 4.95. The fraction of sp³-hybridized carbons (Fsp3) is 0.536. The molecule has 2 aliphatic heterocycles. The maximum atomic E-state index is 12.3. The van der Waals surface area contributed by atoms with Crippen LogP contribution < -0.4 is 4.90 Å². The summed E-state index contributed by atoms with van der Waals surface area (Å²) in [6.45, 7) is 7.51. The van der Waals surface area contributed by atoms with E-state index in [2.05, 4.69) is 47.1 Å². The topological polar surface area (TPSA) is 80.3 Å². The van der Waals surface area contributed by atoms with Crippen molar-refractivity contribution < 1.29 is 14.3 Å². The van der Waals surface area contributed by atoms with E-state index in [9.17, 15) is 4.79 Å². The fourth-order valence-electron chi connectivity index (χ4n) is 5.24. The van der Waals surface area contributed by atoms with Gasteiger partial charge in [0.15, 0.2) is 0 Å². The van der Waals surface area contributed by atoms with Crippen molar-refractivity contribution in [1.29, 1.82) is 0 Å². The van der Waals surface area contributed by atoms with Gasteiger partial charge in [-0.3, -0.25) is 4.79 Å². The van der Waals surface area contributed by atoms with Crippen LogP contribution in [0.2, 0.25) is 0 Å². The number of aromatic nitrogens is 3. The highest BCUT2D eigenvalue weighted by molar-refractivity contribution is 5.82. The molecule has 35 heavy (non-hydrogen) atoms. The summed E-state index contributed by atoms with van der Waals surface area (Å²) in [5.74, 6) is 2.07. The summed E-state index contributed by atoms with van der Waals surface area (Å²) in [4.78, 5) is 27.6. The highest BCUT2D eigenvalue weighted by atomic mass is 16.5. The molecule has 1 aromatic carbocycles. The minimum absolute atomic E-state index is 0.192. The molecule has 4 heterocycles. The van der Waals surface area contributed by atoms with Crippen LogP contribution in [0.3, 0.4) is 0 Å². The van der Waals surface area contributed by atoms with Gasteiger partial charge in [0, 0.05) is 38.1 Å². The van der Waals surface area contributed by atoms with Crippen LogP contribution in [0.25, 0.3) is 22.4 Å². The number of aromatic amines is 1. The Hall–Kier alpha value is -2.77. The maximum absolute atomic E-state index is 12.3. The Morgan fingerprint density at radius 3 is 2.69 bits per heavy atom. The quantitative estimate of drug-likeness (QED) is 0.496. The highest BCUT2D eigenvalue weighted by Gasteiger charge is 2.38. The first-order valence-corrected chi connectivity index (χ1v) is 13.0. The second-order valence-electron chi connectivity index (χ2n) is 10.0. The highest BCUT2D eigenvalue weighted by Crippen LogP contribution is 2.33. The standard InChI is InChI=1S/C28H36N4O3/c1-3-4-21-5-7-24-25(17-21)31-27(30-24)22-6-8-26(29-18-22)32-13-9-23(10-14-32)35-19-28(20(2)33)11-15-34-16-12-28/h5-8,17-18,23H,3-4,9-16,19H2,1-2H3,(H,30,31). The molecular formula is C28H36N4O3. The first-order valence-electron chi connectivity index (χ1n) is 13.0. The number of fused-ring (bicyclic) bond motifs is 1. The van der Waals surface area contributed by atoms with Crippen molar-refractivity contribution in [3.05, 3.63) is 42.1 Å². The largest absolute Gasteiger partial charge is 0.381 e. The van der Waals surface area contributed by atoms with E-state index in [0.29, 0.717) is 19.8 Å². The summed E-state index contributed by atoms with van der Waals surface area (Å²) in [6.07, 6.45) is 7.73. The van der Waals surface area contributed by atoms with Crippen molar-refractivity contribution in [3.8, 4) is 11.4 Å². The molecule has 0 saturated carbocycles. The van der Waals surface area contributed by atoms with Crippen LogP contribution in [0, 0.1) is 5.41 Å². The number of hydrogen-bond acceptors (Lipinski definition) is 6. The minimum atomic E-state index is -0.360. The zero-order valence-electron chi connectivity index (χ0n) is 20.9. The van der Waals surface area contributed by atoms with E-state index in [1.165, 1.54) is 5.56 Å². The third-order valence-electron chi connectivity index (χ3n) is 7.66. The van der Waals surface area contributed by atoms with Crippen LogP contribution in [0.1, 0.15) is 51.5 Å². The number of pyridine rings is 1. The number of nitrogens with zero attached hydrogens (tertiary/aromatic N) is 3. The number of Topliss-reactive ketones (excluding diaryl/α,β-unsaturated/α-hetero) is 1. The molecule has 5 rings (SSSR count). The van der Waals surface area contributed by atoms with Crippen LogP contribution in [-0.2, 0) is 20.7 Å². The molecule has 0 spiro atoms. The van der Waals surface area contributed by atoms with Crippen molar-refractivity contribution in [2.45, 2.75) is 58.5 Å². The second-order valence-corrected chi connectivity index (χ2v) is 10.0. The summed E-state index contributed by atoms with van der Waals surface area (Å²) in [7, 11) is 0. The lowest BCUT2D eigenvalue weighted by atomic mass is 9.77. The molecule has 2 aliphatic rings. The molecule has 0 bridgehead atoms. The number of ether oxygens (including phenoxy) is 2. The third-order valence-corrected chi connectivity index (χ3v) is 7.66. The molecule has 2 aromatic heterocycles. The van der Waals surface area contributed by atoms with Crippen molar-refractivity contribution >= 4 is 22.6 Å². The van der Waals surface area contributed by atoms with Gasteiger partial charge in [-0.05, 0) is 68.9 Å². The van der Waals surface area contributed by atoms with Crippen molar-refractivity contribution in [1.82, 2.24) is 15.0 Å². The van der Waals surface area contributed by atoms with E-state index in [0.717, 1.165) is 79.9 Å². The molecule has 7 heteroatoms. The van der Waals surface area contributed by atoms with Crippen molar-refractivity contribution in [2.24, 2.45) is 5.41 Å². The number of benzene rings is 1. The molecule has 1 N–H and O–H groups in total. The Balaban J connectivity index is 1.17. The van der Waals surface area contributed by atoms with Gasteiger partial charge in [0.2, 0.25) is 0 Å². The zero-order chi connectivity index (χ0) is 24.3. The Kier molecular flexibility index (Phi) is 7.16. The summed E-state index contributed by atoms with van der Waals surface area (Å²) in [6, 6.07) is 10.6. The van der Waals surface area contributed by atoms with Gasteiger partial charge in [-0.2, -0.15) is 0 Å². The number of piperidine rings is 1. The molecule has 7 nitrogen and oxygen atoms in total. The number of anilines is 1. The minimum Gasteiger partial charge on any atom is -0.381 e. The van der Waals surface area contributed by atoms with E-state index in [1.54, 1.807) is 6.92 Å². The number of hydrogen-bond donors (Lipinski definition) is 1. The lowest BCUT2D eigenvalue weighted by Crippen LogP contribution is -2.43. The first-order chi connectivity index (χ1) is 17.1. The van der Waals surface area contributed by atoms with Crippen LogP contribution >= 0.6 is 0 Å². The predicted molar refractivity (Wildman–Crippen MR) is 138 cm³/mol. The lowest BCUT2D eigenvalue weighted by molar-refractivity contribution is -0.140. The zero-order valence-corrected chi connectivity index (χ0v) is 20.9. The van der Waals surface area contributed by atoms with Gasteiger partial charge in [0.25, 0.3) is 0 Å². The average molecular weight is 477 g/mol. The summed E-state index contributed by atoms with van der Waals surface area (Å²) in [5, 5.41) is 0. The van der Waals surface area contributed by atoms with Crippen LogP contribution in [0.15, 0.2) is 36.5 Å². The Morgan fingerprint density at radius 2 is 2.00 bits per heavy atom. The van der Waals surface area contributed by atoms with Gasteiger partial charge in [-0.1, -0.05) is 19.4 Å². The normalized spacial score (nSPS) is 18.7. The van der Waals surface area contributed by atoms with Gasteiger partial charge in [0.05, 0.1) is 29.2 Å². The van der Waals surface area contributed by atoms with E-state index in [4.69, 9.17) is 19.4 Å².